The number of fused-ring (bicyclic) bond motifs is 1. The van der Waals surface area contributed by atoms with Gasteiger partial charge in [0.1, 0.15) is 5.15 Å². The summed E-state index contributed by atoms with van der Waals surface area (Å²) in [5.41, 5.74) is 4.36. The van der Waals surface area contributed by atoms with Crippen LogP contribution in [0, 0.1) is 6.92 Å². The Balaban J connectivity index is 1.49. The molecule has 1 aliphatic rings. The van der Waals surface area contributed by atoms with Gasteiger partial charge in [-0.05, 0) is 56.5 Å². The van der Waals surface area contributed by atoms with Crippen molar-refractivity contribution in [2.75, 3.05) is 29.6 Å². The zero-order chi connectivity index (χ0) is 28.6. The van der Waals surface area contributed by atoms with Crippen molar-refractivity contribution in [1.29, 1.82) is 0 Å². The highest BCUT2D eigenvalue weighted by atomic mass is 35.5. The van der Waals surface area contributed by atoms with Crippen LogP contribution < -0.4 is 20.5 Å². The van der Waals surface area contributed by atoms with E-state index in [1.54, 1.807) is 30.0 Å². The maximum atomic E-state index is 13.6. The number of hydrogen-bond acceptors (Lipinski definition) is 8. The number of aromatic nitrogens is 5. The van der Waals surface area contributed by atoms with Gasteiger partial charge in [0.05, 0.1) is 22.6 Å². The van der Waals surface area contributed by atoms with Gasteiger partial charge in [-0.2, -0.15) is 5.10 Å². The Morgan fingerprint density at radius 3 is 2.58 bits per heavy atom. The molecule has 12 heteroatoms. The predicted molar refractivity (Wildman–Crippen MR) is 161 cm³/mol. The Morgan fingerprint density at radius 2 is 1.90 bits per heavy atom. The molecule has 40 heavy (non-hydrogen) atoms. The van der Waals surface area contributed by atoms with Gasteiger partial charge in [0.15, 0.2) is 5.69 Å². The van der Waals surface area contributed by atoms with Crippen molar-refractivity contribution >= 4 is 52.0 Å². The fourth-order valence-electron chi connectivity index (χ4n) is 5.49. The molecule has 1 unspecified atom stereocenters. The van der Waals surface area contributed by atoms with Gasteiger partial charge in [-0.1, -0.05) is 29.6 Å². The number of rotatable bonds is 7. The topological polar surface area (TPSA) is 110 Å². The first-order valence-electron chi connectivity index (χ1n) is 13.2. The van der Waals surface area contributed by atoms with E-state index in [1.807, 2.05) is 43.9 Å². The van der Waals surface area contributed by atoms with E-state index < -0.39 is 0 Å². The number of piperidine rings is 1. The molecule has 4 heterocycles. The van der Waals surface area contributed by atoms with Crippen molar-refractivity contribution in [3.05, 3.63) is 74.6 Å². The van der Waals surface area contributed by atoms with Gasteiger partial charge < -0.3 is 10.2 Å². The summed E-state index contributed by atoms with van der Waals surface area (Å²) in [4.78, 5) is 37.8. The molecule has 1 atom stereocenters. The first-order valence-corrected chi connectivity index (χ1v) is 14.8. The third-order valence-electron chi connectivity index (χ3n) is 7.50. The molecule has 5 rings (SSSR count). The van der Waals surface area contributed by atoms with Crippen molar-refractivity contribution in [3.63, 3.8) is 0 Å². The molecule has 1 fully saturated rings. The summed E-state index contributed by atoms with van der Waals surface area (Å²) in [5.74, 6) is 0.739. The molecule has 0 aliphatic carbocycles. The van der Waals surface area contributed by atoms with Gasteiger partial charge >= 0.3 is 0 Å². The number of nitrogens with one attached hydrogen (secondary N) is 2. The van der Waals surface area contributed by atoms with Gasteiger partial charge in [-0.3, -0.25) is 23.6 Å². The first kappa shape index (κ1) is 28.0. The molecule has 0 saturated carbocycles. The van der Waals surface area contributed by atoms with Crippen LogP contribution in [-0.4, -0.2) is 49.6 Å². The number of amides is 1. The molecular weight excluding hydrogens is 548 g/mol. The number of pyridine rings is 1. The number of carbonyl (C=O) groups is 1. The van der Waals surface area contributed by atoms with E-state index in [0.29, 0.717) is 28.5 Å². The minimum Gasteiger partial charge on any atom is -0.377 e. The van der Waals surface area contributed by atoms with Crippen molar-refractivity contribution in [1.82, 2.24) is 29.0 Å². The van der Waals surface area contributed by atoms with E-state index in [-0.39, 0.29) is 28.4 Å². The van der Waals surface area contributed by atoms with Crippen LogP contribution in [0.4, 0.5) is 11.6 Å². The molecule has 1 aliphatic heterocycles. The van der Waals surface area contributed by atoms with E-state index in [4.69, 9.17) is 16.6 Å². The summed E-state index contributed by atoms with van der Waals surface area (Å²) in [6.07, 6.45) is 5.52. The lowest BCUT2D eigenvalue weighted by Gasteiger charge is -2.33. The van der Waals surface area contributed by atoms with Crippen molar-refractivity contribution in [2.24, 2.45) is 14.1 Å². The lowest BCUT2D eigenvalue weighted by Crippen LogP contribution is -2.38. The van der Waals surface area contributed by atoms with Crippen molar-refractivity contribution in [3.8, 4) is 0 Å². The van der Waals surface area contributed by atoms with Gasteiger partial charge in [-0.25, -0.2) is 9.97 Å². The van der Waals surface area contributed by atoms with Crippen molar-refractivity contribution < 1.29 is 4.79 Å². The Kier molecular flexibility index (Phi) is 8.04. The molecule has 0 spiro atoms. The summed E-state index contributed by atoms with van der Waals surface area (Å²) < 4.78 is 6.30. The molecular formula is C28H33ClN8O2S. The second kappa shape index (κ2) is 11.5. The summed E-state index contributed by atoms with van der Waals surface area (Å²) in [6, 6.07) is 9.11. The summed E-state index contributed by atoms with van der Waals surface area (Å²) in [7, 11) is 3.77. The Hall–Kier alpha value is -3.57. The van der Waals surface area contributed by atoms with E-state index >= 15 is 0 Å². The second-order valence-electron chi connectivity index (χ2n) is 10.2. The number of nitrogens with zero attached hydrogens (tertiary/aromatic N) is 6. The second-order valence-corrected chi connectivity index (χ2v) is 11.2. The predicted octanol–water partition coefficient (Wildman–Crippen LogP) is 4.59. The van der Waals surface area contributed by atoms with Crippen LogP contribution in [0.25, 0.3) is 10.9 Å². The van der Waals surface area contributed by atoms with Crippen LogP contribution in [0.1, 0.15) is 59.0 Å². The fourth-order valence-corrected chi connectivity index (χ4v) is 5.92. The fraction of sp³-hybridized carbons (Fsp3) is 0.393. The van der Waals surface area contributed by atoms with Crippen LogP contribution in [0.3, 0.4) is 0 Å². The maximum Gasteiger partial charge on any atom is 0.281 e. The van der Waals surface area contributed by atoms with E-state index in [2.05, 4.69) is 31.1 Å². The van der Waals surface area contributed by atoms with Crippen LogP contribution in [0.15, 0.2) is 41.3 Å². The number of hydrogen-bond donors (Lipinski definition) is 2. The lowest BCUT2D eigenvalue weighted by atomic mass is 9.93. The molecule has 1 saturated heterocycles. The van der Waals surface area contributed by atoms with Crippen molar-refractivity contribution in [2.45, 2.75) is 38.6 Å². The lowest BCUT2D eigenvalue weighted by molar-refractivity contribution is 0.0980. The van der Waals surface area contributed by atoms with Crippen LogP contribution >= 0.6 is 23.5 Å². The Morgan fingerprint density at radius 1 is 1.15 bits per heavy atom. The standard InChI is InChI=1S/C28H33ClN8O2S/c1-16-14-19(17(2)31-21-6-7-23(29)32-25(21)26(38)34-40-5)24-20(15-16)27(39)35(3)28(33-24)37-12-9-18(10-13-37)22-8-11-30-36(22)4/h6-8,11,14-15,17-18,31H,9-10,12-13H2,1-5H3,(H,34,38). The van der Waals surface area contributed by atoms with Gasteiger partial charge in [-0.15, -0.1) is 0 Å². The number of benzene rings is 1. The zero-order valence-electron chi connectivity index (χ0n) is 23.2. The molecule has 1 amide bonds. The third-order valence-corrected chi connectivity index (χ3v) is 8.10. The maximum absolute atomic E-state index is 13.6. The van der Waals surface area contributed by atoms with Gasteiger partial charge in [0.25, 0.3) is 11.5 Å². The van der Waals surface area contributed by atoms with E-state index in [0.717, 1.165) is 37.1 Å². The number of halogens is 1. The highest BCUT2D eigenvalue weighted by molar-refractivity contribution is 7.97. The van der Waals surface area contributed by atoms with Crippen LogP contribution in [0.5, 0.6) is 0 Å². The molecule has 4 aromatic rings. The zero-order valence-corrected chi connectivity index (χ0v) is 24.8. The molecule has 2 N–H and O–H groups in total. The number of aryl methyl sites for hydroxylation is 2. The molecule has 1 aromatic carbocycles. The van der Waals surface area contributed by atoms with Crippen LogP contribution in [-0.2, 0) is 14.1 Å². The Labute approximate surface area is 242 Å². The average Bonchev–Trinajstić information content (AvgIpc) is 3.37. The van der Waals surface area contributed by atoms with Gasteiger partial charge in [0.2, 0.25) is 5.95 Å². The normalized spacial score (nSPS) is 14.9. The van der Waals surface area contributed by atoms with Crippen LogP contribution in [0.2, 0.25) is 5.15 Å². The summed E-state index contributed by atoms with van der Waals surface area (Å²) >= 11 is 7.29. The number of carbonyl (C=O) groups excluding carboxylic acids is 1. The summed E-state index contributed by atoms with van der Waals surface area (Å²) in [5, 5.41) is 8.53. The largest absolute Gasteiger partial charge is 0.377 e. The number of anilines is 2. The van der Waals surface area contributed by atoms with Gasteiger partial charge in [0, 0.05) is 56.8 Å². The molecule has 0 radical (unpaired) electrons. The first-order chi connectivity index (χ1) is 19.2. The van der Waals surface area contributed by atoms with E-state index in [1.165, 1.54) is 17.6 Å². The minimum absolute atomic E-state index is 0.0842. The molecule has 0 bridgehead atoms. The highest BCUT2D eigenvalue weighted by Crippen LogP contribution is 2.32. The highest BCUT2D eigenvalue weighted by Gasteiger charge is 2.26. The molecule has 3 aromatic heterocycles. The quantitative estimate of drug-likeness (QED) is 0.241. The third kappa shape index (κ3) is 5.40. The van der Waals surface area contributed by atoms with E-state index in [9.17, 15) is 9.59 Å². The molecule has 210 valence electrons. The Bertz CT molecular complexity index is 1630. The SMILES string of the molecule is CSNC(=O)c1nc(Cl)ccc1NC(C)c1cc(C)cc2c(=O)n(C)c(N3CCC(c4ccnn4C)CC3)nc12. The smallest absolute Gasteiger partial charge is 0.281 e. The monoisotopic (exact) mass is 580 g/mol. The average molecular weight is 581 g/mol. The molecule has 10 nitrogen and oxygen atoms in total. The summed E-state index contributed by atoms with van der Waals surface area (Å²) in [6.45, 7) is 5.53. The minimum atomic E-state index is -0.345.